The van der Waals surface area contributed by atoms with Crippen LogP contribution >= 0.6 is 22.9 Å². The number of hydrogen-bond acceptors (Lipinski definition) is 4. The number of carbonyl (C=O) groups is 2. The Kier molecular flexibility index (Phi) is 5.68. The van der Waals surface area contributed by atoms with E-state index >= 15 is 0 Å². The van der Waals surface area contributed by atoms with Crippen LogP contribution in [0.5, 0.6) is 0 Å². The standard InChI is InChI=1S/C20H19ClN2O3S/c1-20(2,13-5-3-6-14(21)11-13)12-22-19(25)16-8-9-17(27-16)23-18(24)15-7-4-10-26-15/h3-11H,12H2,1-2H3,(H,22,25)(H,23,24). The Hall–Kier alpha value is -2.57. The van der Waals surface area contributed by atoms with Gasteiger partial charge in [0, 0.05) is 17.0 Å². The molecule has 0 aliphatic heterocycles. The Morgan fingerprint density at radius 1 is 1.11 bits per heavy atom. The number of amides is 2. The third kappa shape index (κ3) is 4.78. The van der Waals surface area contributed by atoms with E-state index in [0.717, 1.165) is 5.56 Å². The van der Waals surface area contributed by atoms with Gasteiger partial charge in [0.2, 0.25) is 0 Å². The molecule has 2 amide bonds. The van der Waals surface area contributed by atoms with Crippen molar-refractivity contribution in [3.63, 3.8) is 0 Å². The summed E-state index contributed by atoms with van der Waals surface area (Å²) in [5, 5.41) is 6.91. The smallest absolute Gasteiger partial charge is 0.291 e. The first kappa shape index (κ1) is 19.2. The van der Waals surface area contributed by atoms with Crippen molar-refractivity contribution in [2.24, 2.45) is 0 Å². The fourth-order valence-corrected chi connectivity index (χ4v) is 3.52. The lowest BCUT2D eigenvalue weighted by molar-refractivity contribution is 0.0948. The molecule has 7 heteroatoms. The number of carbonyl (C=O) groups excluding carboxylic acids is 2. The van der Waals surface area contributed by atoms with E-state index < -0.39 is 0 Å². The van der Waals surface area contributed by atoms with E-state index in [9.17, 15) is 9.59 Å². The number of nitrogens with one attached hydrogen (secondary N) is 2. The topological polar surface area (TPSA) is 71.3 Å². The maximum absolute atomic E-state index is 12.5. The Morgan fingerprint density at radius 3 is 2.63 bits per heavy atom. The lowest BCUT2D eigenvalue weighted by Crippen LogP contribution is -2.36. The summed E-state index contributed by atoms with van der Waals surface area (Å²) in [4.78, 5) is 25.0. The summed E-state index contributed by atoms with van der Waals surface area (Å²) >= 11 is 7.27. The van der Waals surface area contributed by atoms with Crippen LogP contribution in [-0.4, -0.2) is 18.4 Å². The fourth-order valence-electron chi connectivity index (χ4n) is 2.51. The molecule has 1 aromatic carbocycles. The van der Waals surface area contributed by atoms with Crippen molar-refractivity contribution < 1.29 is 14.0 Å². The van der Waals surface area contributed by atoms with Gasteiger partial charge in [0.25, 0.3) is 11.8 Å². The Balaban J connectivity index is 1.60. The molecule has 0 fully saturated rings. The molecule has 0 saturated heterocycles. The number of halogens is 1. The number of rotatable bonds is 6. The minimum Gasteiger partial charge on any atom is -0.459 e. The van der Waals surface area contributed by atoms with Crippen LogP contribution in [0.15, 0.2) is 59.2 Å². The molecule has 2 aromatic heterocycles. The maximum atomic E-state index is 12.5. The molecule has 5 nitrogen and oxygen atoms in total. The van der Waals surface area contributed by atoms with Gasteiger partial charge in [0.1, 0.15) is 0 Å². The van der Waals surface area contributed by atoms with Gasteiger partial charge in [-0.25, -0.2) is 0 Å². The first-order chi connectivity index (χ1) is 12.8. The van der Waals surface area contributed by atoms with Crippen LogP contribution < -0.4 is 10.6 Å². The van der Waals surface area contributed by atoms with E-state index in [4.69, 9.17) is 16.0 Å². The summed E-state index contributed by atoms with van der Waals surface area (Å²) in [6, 6.07) is 14.2. The molecular formula is C20H19ClN2O3S. The Labute approximate surface area is 166 Å². The van der Waals surface area contributed by atoms with Crippen molar-refractivity contribution in [2.75, 3.05) is 11.9 Å². The minimum absolute atomic E-state index is 0.186. The van der Waals surface area contributed by atoms with Crippen LogP contribution in [0.4, 0.5) is 5.00 Å². The van der Waals surface area contributed by atoms with Gasteiger partial charge in [-0.1, -0.05) is 37.6 Å². The van der Waals surface area contributed by atoms with E-state index in [2.05, 4.69) is 10.6 Å². The molecule has 2 heterocycles. The van der Waals surface area contributed by atoms with Gasteiger partial charge in [0.15, 0.2) is 5.76 Å². The highest BCUT2D eigenvalue weighted by Crippen LogP contribution is 2.26. The zero-order valence-electron chi connectivity index (χ0n) is 14.9. The molecule has 0 atom stereocenters. The largest absolute Gasteiger partial charge is 0.459 e. The van der Waals surface area contributed by atoms with Gasteiger partial charge < -0.3 is 15.1 Å². The first-order valence-electron chi connectivity index (χ1n) is 8.34. The van der Waals surface area contributed by atoms with Crippen LogP contribution in [0.2, 0.25) is 5.02 Å². The first-order valence-corrected chi connectivity index (χ1v) is 9.53. The highest BCUT2D eigenvalue weighted by Gasteiger charge is 2.22. The molecule has 0 aliphatic carbocycles. The Bertz CT molecular complexity index is 948. The average Bonchev–Trinajstić information content (AvgIpc) is 3.31. The monoisotopic (exact) mass is 402 g/mol. The summed E-state index contributed by atoms with van der Waals surface area (Å²) < 4.78 is 5.05. The molecule has 2 N–H and O–H groups in total. The number of anilines is 1. The predicted octanol–water partition coefficient (Wildman–Crippen LogP) is 4.95. The van der Waals surface area contributed by atoms with Crippen molar-refractivity contribution in [3.8, 4) is 0 Å². The van der Waals surface area contributed by atoms with E-state index in [1.807, 2.05) is 38.1 Å². The summed E-state index contributed by atoms with van der Waals surface area (Å²) in [6.07, 6.45) is 1.43. The summed E-state index contributed by atoms with van der Waals surface area (Å²) in [5.74, 6) is -0.317. The minimum atomic E-state index is -0.351. The van der Waals surface area contributed by atoms with Gasteiger partial charge in [-0.15, -0.1) is 11.3 Å². The quantitative estimate of drug-likeness (QED) is 0.612. The van der Waals surface area contributed by atoms with Gasteiger partial charge in [-0.2, -0.15) is 0 Å². The lowest BCUT2D eigenvalue weighted by Gasteiger charge is -2.25. The third-order valence-corrected chi connectivity index (χ3v) is 5.34. The SMILES string of the molecule is CC(C)(CNC(=O)c1ccc(NC(=O)c2ccco2)s1)c1cccc(Cl)c1. The van der Waals surface area contributed by atoms with E-state index in [1.54, 1.807) is 24.3 Å². The predicted molar refractivity (Wildman–Crippen MR) is 108 cm³/mol. The number of furan rings is 1. The molecule has 0 radical (unpaired) electrons. The van der Waals surface area contributed by atoms with Crippen molar-refractivity contribution in [1.82, 2.24) is 5.32 Å². The highest BCUT2D eigenvalue weighted by atomic mass is 35.5. The van der Waals surface area contributed by atoms with E-state index in [1.165, 1.54) is 17.6 Å². The second kappa shape index (κ2) is 7.98. The maximum Gasteiger partial charge on any atom is 0.291 e. The van der Waals surface area contributed by atoms with Gasteiger partial charge in [-0.3, -0.25) is 9.59 Å². The molecule has 0 aliphatic rings. The number of hydrogen-bond donors (Lipinski definition) is 2. The van der Waals surface area contributed by atoms with Crippen LogP contribution in [0.25, 0.3) is 0 Å². The third-order valence-electron chi connectivity index (χ3n) is 4.11. The van der Waals surface area contributed by atoms with Crippen LogP contribution in [0.1, 0.15) is 39.6 Å². The zero-order valence-corrected chi connectivity index (χ0v) is 16.5. The summed E-state index contributed by atoms with van der Waals surface area (Å²) in [7, 11) is 0. The molecule has 140 valence electrons. The molecule has 27 heavy (non-hydrogen) atoms. The normalized spacial score (nSPS) is 11.2. The molecule has 0 saturated carbocycles. The molecule has 3 rings (SSSR count). The number of benzene rings is 1. The van der Waals surface area contributed by atoms with Crippen molar-refractivity contribution >= 4 is 39.8 Å². The van der Waals surface area contributed by atoms with Gasteiger partial charge in [-0.05, 0) is 42.0 Å². The van der Waals surface area contributed by atoms with Crippen molar-refractivity contribution in [1.29, 1.82) is 0 Å². The van der Waals surface area contributed by atoms with Crippen LogP contribution in [0.3, 0.4) is 0 Å². The Morgan fingerprint density at radius 2 is 1.93 bits per heavy atom. The van der Waals surface area contributed by atoms with Gasteiger partial charge >= 0.3 is 0 Å². The molecule has 0 spiro atoms. The van der Waals surface area contributed by atoms with Crippen molar-refractivity contribution in [3.05, 3.63) is 76.0 Å². The molecule has 0 unspecified atom stereocenters. The second-order valence-electron chi connectivity index (χ2n) is 6.67. The van der Waals surface area contributed by atoms with Crippen LogP contribution in [0, 0.1) is 0 Å². The second-order valence-corrected chi connectivity index (χ2v) is 8.19. The van der Waals surface area contributed by atoms with Crippen molar-refractivity contribution in [2.45, 2.75) is 19.3 Å². The van der Waals surface area contributed by atoms with Gasteiger partial charge in [0.05, 0.1) is 16.1 Å². The highest BCUT2D eigenvalue weighted by molar-refractivity contribution is 7.18. The fraction of sp³-hybridized carbons (Fsp3) is 0.200. The van der Waals surface area contributed by atoms with E-state index in [-0.39, 0.29) is 23.0 Å². The average molecular weight is 403 g/mol. The summed E-state index contributed by atoms with van der Waals surface area (Å²) in [5.41, 5.74) is 0.779. The lowest BCUT2D eigenvalue weighted by atomic mass is 9.84. The van der Waals surface area contributed by atoms with Crippen LogP contribution in [-0.2, 0) is 5.41 Å². The molecule has 3 aromatic rings. The zero-order chi connectivity index (χ0) is 19.4. The van der Waals surface area contributed by atoms with E-state index in [0.29, 0.717) is 21.4 Å². The summed E-state index contributed by atoms with van der Waals surface area (Å²) in [6.45, 7) is 4.54. The number of thiophene rings is 1. The molecule has 0 bridgehead atoms. The molecular weight excluding hydrogens is 384 g/mol.